The smallest absolute Gasteiger partial charge is 0.233 e. The molecule has 0 rings (SSSR count). The van der Waals surface area contributed by atoms with Gasteiger partial charge in [-0.2, -0.15) is 4.72 Å². The first kappa shape index (κ1) is 16.9. The summed E-state index contributed by atoms with van der Waals surface area (Å²) in [5.41, 5.74) is 0. The van der Waals surface area contributed by atoms with Gasteiger partial charge in [0.2, 0.25) is 11.3 Å². The van der Waals surface area contributed by atoms with E-state index in [4.69, 9.17) is 23.5 Å². The number of hydrogen-bond donors (Lipinski definition) is 2. The molecular weight excluding hydrogens is 250 g/mol. The average Bonchev–Trinajstić information content (AvgIpc) is 2.14. The molecule has 17 heavy (non-hydrogen) atoms. The lowest BCUT2D eigenvalue weighted by atomic mass is 10.6. The Kier molecular flexibility index (Phi) is 8.88. The van der Waals surface area contributed by atoms with Crippen molar-refractivity contribution in [2.24, 2.45) is 0 Å². The van der Waals surface area contributed by atoms with Crippen molar-refractivity contribution in [2.45, 2.75) is 52.8 Å². The fourth-order valence-corrected chi connectivity index (χ4v) is 1.46. The molecule has 0 aromatic carbocycles. The average molecular weight is 271 g/mol. The van der Waals surface area contributed by atoms with Crippen LogP contribution in [0, 0.1) is 0 Å². The molecule has 5 atom stereocenters. The second-order valence-electron chi connectivity index (χ2n) is 3.36. The summed E-state index contributed by atoms with van der Waals surface area (Å²) in [4.78, 5) is 0. The summed E-state index contributed by atoms with van der Waals surface area (Å²) in [6.45, 7) is 6.70. The third-order valence-corrected chi connectivity index (χ3v) is 2.29. The summed E-state index contributed by atoms with van der Waals surface area (Å²) in [5.74, 6) is 0. The molecule has 0 spiro atoms. The topological polar surface area (TPSA) is 86.3 Å². The van der Waals surface area contributed by atoms with Crippen molar-refractivity contribution >= 4 is 11.3 Å². The first-order chi connectivity index (χ1) is 7.85. The fraction of sp³-hybridized carbons (Fsp3) is 1.00. The minimum Gasteiger partial charge on any atom is -0.356 e. The van der Waals surface area contributed by atoms with Gasteiger partial charge in [0.05, 0.1) is 0 Å². The zero-order chi connectivity index (χ0) is 13.4. The SMILES string of the molecule is COC(C)OC(C)OC(C)OC(C)NS(=O)O. The van der Waals surface area contributed by atoms with Crippen LogP contribution in [0.2, 0.25) is 0 Å². The summed E-state index contributed by atoms with van der Waals surface area (Å²) >= 11 is -2.12. The number of ether oxygens (including phenoxy) is 4. The Labute approximate surface area is 104 Å². The quantitative estimate of drug-likeness (QED) is 0.476. The van der Waals surface area contributed by atoms with Crippen LogP contribution >= 0.6 is 0 Å². The van der Waals surface area contributed by atoms with Crippen LogP contribution in [0.15, 0.2) is 0 Å². The fourth-order valence-electron chi connectivity index (χ4n) is 1.12. The van der Waals surface area contributed by atoms with Gasteiger partial charge in [0.15, 0.2) is 18.9 Å². The van der Waals surface area contributed by atoms with Gasteiger partial charge >= 0.3 is 0 Å². The van der Waals surface area contributed by atoms with Crippen molar-refractivity contribution in [3.05, 3.63) is 0 Å². The van der Waals surface area contributed by atoms with E-state index in [9.17, 15) is 4.21 Å². The van der Waals surface area contributed by atoms with Crippen LogP contribution in [-0.4, -0.2) is 41.0 Å². The molecule has 0 aliphatic rings. The Morgan fingerprint density at radius 3 is 1.94 bits per heavy atom. The third kappa shape index (κ3) is 9.60. The van der Waals surface area contributed by atoms with E-state index in [1.807, 2.05) is 0 Å². The van der Waals surface area contributed by atoms with Gasteiger partial charge in [0.1, 0.15) is 6.23 Å². The standard InChI is InChI=1S/C9H21NO6S/c1-6(10-17(11)12)14-8(3)16-9(4)15-7(2)13-5/h6-10H,1-5H3,(H,11,12). The molecule has 5 unspecified atom stereocenters. The third-order valence-electron chi connectivity index (χ3n) is 1.76. The number of hydrogen-bond acceptors (Lipinski definition) is 5. The Balaban J connectivity index is 3.84. The van der Waals surface area contributed by atoms with Crippen LogP contribution in [0.4, 0.5) is 0 Å². The summed E-state index contributed by atoms with van der Waals surface area (Å²) in [6, 6.07) is 0. The molecule has 2 N–H and O–H groups in total. The second kappa shape index (κ2) is 8.92. The van der Waals surface area contributed by atoms with Gasteiger partial charge in [-0.1, -0.05) is 0 Å². The van der Waals surface area contributed by atoms with Crippen LogP contribution in [0.3, 0.4) is 0 Å². The predicted molar refractivity (Wildman–Crippen MR) is 62.0 cm³/mol. The molecule has 0 amide bonds. The highest BCUT2D eigenvalue weighted by molar-refractivity contribution is 7.77. The van der Waals surface area contributed by atoms with Crippen LogP contribution in [0.1, 0.15) is 27.7 Å². The molecule has 0 bridgehead atoms. The molecule has 0 heterocycles. The largest absolute Gasteiger partial charge is 0.356 e. The minimum absolute atomic E-state index is 0.377. The van der Waals surface area contributed by atoms with E-state index in [0.29, 0.717) is 0 Å². The van der Waals surface area contributed by atoms with E-state index in [1.54, 1.807) is 27.7 Å². The van der Waals surface area contributed by atoms with Gasteiger partial charge in [-0.15, -0.1) is 0 Å². The van der Waals surface area contributed by atoms with Crippen molar-refractivity contribution in [1.29, 1.82) is 0 Å². The first-order valence-electron chi connectivity index (χ1n) is 5.21. The predicted octanol–water partition coefficient (Wildman–Crippen LogP) is 0.793. The van der Waals surface area contributed by atoms with Crippen molar-refractivity contribution in [3.63, 3.8) is 0 Å². The van der Waals surface area contributed by atoms with Gasteiger partial charge in [0, 0.05) is 7.11 Å². The first-order valence-corrected chi connectivity index (χ1v) is 6.32. The van der Waals surface area contributed by atoms with Gasteiger partial charge in [-0.05, 0) is 27.7 Å². The highest BCUT2D eigenvalue weighted by Gasteiger charge is 2.15. The molecule has 0 saturated carbocycles. The molecule has 104 valence electrons. The molecule has 8 heteroatoms. The van der Waals surface area contributed by atoms with E-state index >= 15 is 0 Å². The highest BCUT2D eigenvalue weighted by Crippen LogP contribution is 2.06. The normalized spacial score (nSPS) is 20.6. The van der Waals surface area contributed by atoms with Crippen LogP contribution in [-0.2, 0) is 30.2 Å². The van der Waals surface area contributed by atoms with Crippen molar-refractivity contribution in [2.75, 3.05) is 7.11 Å². The van der Waals surface area contributed by atoms with E-state index in [1.165, 1.54) is 7.11 Å². The number of methoxy groups -OCH3 is 1. The number of nitrogens with one attached hydrogen (secondary N) is 1. The second-order valence-corrected chi connectivity index (χ2v) is 4.09. The molecule has 0 aliphatic carbocycles. The lowest BCUT2D eigenvalue weighted by Crippen LogP contribution is -2.35. The maximum Gasteiger partial charge on any atom is 0.233 e. The van der Waals surface area contributed by atoms with Crippen LogP contribution in [0.25, 0.3) is 0 Å². The molecule has 0 aliphatic heterocycles. The van der Waals surface area contributed by atoms with Crippen molar-refractivity contribution in [1.82, 2.24) is 4.72 Å². The molecule has 0 fully saturated rings. The zero-order valence-corrected chi connectivity index (χ0v) is 11.5. The molecule has 0 aromatic heterocycles. The Hall–Kier alpha value is -0.0900. The Bertz CT molecular complexity index is 230. The van der Waals surface area contributed by atoms with Gasteiger partial charge < -0.3 is 18.9 Å². The lowest BCUT2D eigenvalue weighted by molar-refractivity contribution is -0.282. The van der Waals surface area contributed by atoms with Crippen LogP contribution < -0.4 is 4.72 Å². The van der Waals surface area contributed by atoms with Gasteiger partial charge in [-0.3, -0.25) is 4.55 Å². The maximum atomic E-state index is 10.4. The monoisotopic (exact) mass is 271 g/mol. The van der Waals surface area contributed by atoms with Crippen molar-refractivity contribution < 1.29 is 27.7 Å². The lowest BCUT2D eigenvalue weighted by Gasteiger charge is -2.24. The Morgan fingerprint density at radius 2 is 1.47 bits per heavy atom. The van der Waals surface area contributed by atoms with Crippen molar-refractivity contribution in [3.8, 4) is 0 Å². The molecule has 0 radical (unpaired) electrons. The van der Waals surface area contributed by atoms with E-state index in [-0.39, 0.29) is 6.29 Å². The molecule has 0 aromatic rings. The van der Waals surface area contributed by atoms with E-state index in [2.05, 4.69) is 4.72 Å². The zero-order valence-electron chi connectivity index (χ0n) is 10.7. The summed E-state index contributed by atoms with van der Waals surface area (Å²) in [6.07, 6.45) is -2.08. The Morgan fingerprint density at radius 1 is 1.00 bits per heavy atom. The van der Waals surface area contributed by atoms with Crippen LogP contribution in [0.5, 0.6) is 0 Å². The molecular formula is C9H21NO6S. The minimum atomic E-state index is -2.12. The van der Waals surface area contributed by atoms with Gasteiger partial charge in [-0.25, -0.2) is 4.21 Å². The highest BCUT2D eigenvalue weighted by atomic mass is 32.2. The summed E-state index contributed by atoms with van der Waals surface area (Å²) in [7, 11) is 1.53. The molecule has 7 nitrogen and oxygen atoms in total. The van der Waals surface area contributed by atoms with E-state index in [0.717, 1.165) is 0 Å². The summed E-state index contributed by atoms with van der Waals surface area (Å²) < 4.78 is 42.0. The summed E-state index contributed by atoms with van der Waals surface area (Å²) in [5, 5.41) is 0. The maximum absolute atomic E-state index is 10.4. The van der Waals surface area contributed by atoms with E-state index < -0.39 is 30.1 Å². The number of rotatable bonds is 9. The van der Waals surface area contributed by atoms with Gasteiger partial charge in [0.25, 0.3) is 0 Å². The molecule has 0 saturated heterocycles.